The Labute approximate surface area is 218 Å². The number of methoxy groups -OCH3 is 2. The minimum absolute atomic E-state index is 0.0596. The lowest BCUT2D eigenvalue weighted by Crippen LogP contribution is -2.36. The molecule has 0 bridgehead atoms. The smallest absolute Gasteiger partial charge is 0.278 e. The van der Waals surface area contributed by atoms with Crippen molar-refractivity contribution in [2.24, 2.45) is 0 Å². The third-order valence-electron chi connectivity index (χ3n) is 6.60. The Morgan fingerprint density at radius 2 is 1.86 bits per heavy atom. The number of carbonyl (C=O) groups is 2. The van der Waals surface area contributed by atoms with E-state index in [9.17, 15) is 18.0 Å². The molecule has 1 aliphatic heterocycles. The van der Waals surface area contributed by atoms with E-state index in [-0.39, 0.29) is 23.1 Å². The number of nitrogens with zero attached hydrogens (tertiary/aromatic N) is 1. The lowest BCUT2D eigenvalue weighted by Gasteiger charge is -2.15. The number of amides is 2. The van der Waals surface area contributed by atoms with Gasteiger partial charge in [-0.15, -0.1) is 11.3 Å². The van der Waals surface area contributed by atoms with Crippen LogP contribution in [0.1, 0.15) is 50.5 Å². The summed E-state index contributed by atoms with van der Waals surface area (Å²) in [7, 11) is -0.0656. The maximum Gasteiger partial charge on any atom is 0.278 e. The van der Waals surface area contributed by atoms with E-state index in [1.807, 2.05) is 0 Å². The van der Waals surface area contributed by atoms with Gasteiger partial charge in [0, 0.05) is 22.5 Å². The van der Waals surface area contributed by atoms with Crippen molar-refractivity contribution in [1.82, 2.24) is 10.5 Å². The number of fused-ring (bicyclic) bond motifs is 1. The van der Waals surface area contributed by atoms with Crippen LogP contribution < -0.4 is 20.1 Å². The van der Waals surface area contributed by atoms with Crippen molar-refractivity contribution in [3.8, 4) is 22.8 Å². The third kappa shape index (κ3) is 5.21. The van der Waals surface area contributed by atoms with Gasteiger partial charge in [0.15, 0.2) is 32.8 Å². The van der Waals surface area contributed by atoms with E-state index in [0.717, 1.165) is 36.1 Å². The van der Waals surface area contributed by atoms with Gasteiger partial charge in [0.25, 0.3) is 11.8 Å². The SMILES string of the molecule is COc1ccc(-c2cc(C(=O)Nc3sc4c(c3C(=O)N[C@@H]3CCS(=O)(=O)C3)CCCC4)no2)cc1OC. The Balaban J connectivity index is 1.38. The average molecular weight is 546 g/mol. The molecule has 5 rings (SSSR count). The fourth-order valence-electron chi connectivity index (χ4n) is 4.74. The molecule has 1 saturated heterocycles. The number of benzene rings is 1. The second-order valence-electron chi connectivity index (χ2n) is 9.09. The second kappa shape index (κ2) is 10.2. The molecule has 2 aromatic heterocycles. The fraction of sp³-hybridized carbons (Fsp3) is 0.400. The highest BCUT2D eigenvalue weighted by Crippen LogP contribution is 2.39. The van der Waals surface area contributed by atoms with Crippen molar-refractivity contribution in [1.29, 1.82) is 0 Å². The second-order valence-corrected chi connectivity index (χ2v) is 12.4. The summed E-state index contributed by atoms with van der Waals surface area (Å²) in [5.41, 5.74) is 2.06. The van der Waals surface area contributed by atoms with E-state index in [2.05, 4.69) is 15.8 Å². The maximum atomic E-state index is 13.3. The van der Waals surface area contributed by atoms with Crippen LogP contribution in [0.4, 0.5) is 5.00 Å². The number of hydrogen-bond acceptors (Lipinski definition) is 9. The van der Waals surface area contributed by atoms with E-state index in [1.54, 1.807) is 25.3 Å². The highest BCUT2D eigenvalue weighted by molar-refractivity contribution is 7.91. The molecule has 2 amide bonds. The van der Waals surface area contributed by atoms with Crippen molar-refractivity contribution in [3.63, 3.8) is 0 Å². The topological polar surface area (TPSA) is 137 Å². The summed E-state index contributed by atoms with van der Waals surface area (Å²) >= 11 is 1.38. The molecule has 10 nitrogen and oxygen atoms in total. The molecule has 0 spiro atoms. The van der Waals surface area contributed by atoms with Crippen LogP contribution in [-0.4, -0.2) is 57.2 Å². The zero-order valence-corrected chi connectivity index (χ0v) is 22.1. The van der Waals surface area contributed by atoms with Crippen LogP contribution in [0, 0.1) is 0 Å². The Bertz CT molecular complexity index is 1460. The Hall–Kier alpha value is -3.38. The molecular weight excluding hydrogens is 518 g/mol. The first kappa shape index (κ1) is 25.3. The summed E-state index contributed by atoms with van der Waals surface area (Å²) in [4.78, 5) is 27.5. The van der Waals surface area contributed by atoms with Crippen molar-refractivity contribution in [2.75, 3.05) is 31.0 Å². The van der Waals surface area contributed by atoms with Gasteiger partial charge in [-0.1, -0.05) is 5.16 Å². The van der Waals surface area contributed by atoms with Gasteiger partial charge in [-0.3, -0.25) is 9.59 Å². The molecule has 3 aromatic rings. The zero-order valence-electron chi connectivity index (χ0n) is 20.5. The van der Waals surface area contributed by atoms with E-state index >= 15 is 0 Å². The zero-order chi connectivity index (χ0) is 26.2. The summed E-state index contributed by atoms with van der Waals surface area (Å²) in [5, 5.41) is 10.1. The number of sulfone groups is 1. The Kier molecular flexibility index (Phi) is 6.95. The van der Waals surface area contributed by atoms with Crippen LogP contribution in [0.15, 0.2) is 28.8 Å². The first-order valence-electron chi connectivity index (χ1n) is 11.9. The van der Waals surface area contributed by atoms with Crippen LogP contribution in [0.25, 0.3) is 11.3 Å². The monoisotopic (exact) mass is 545 g/mol. The minimum atomic E-state index is -3.14. The van der Waals surface area contributed by atoms with E-state index in [4.69, 9.17) is 14.0 Å². The summed E-state index contributed by atoms with van der Waals surface area (Å²) in [6, 6.07) is 6.31. The number of anilines is 1. The van der Waals surface area contributed by atoms with Gasteiger partial charge >= 0.3 is 0 Å². The lowest BCUT2D eigenvalue weighted by molar-refractivity contribution is 0.0941. The number of rotatable bonds is 7. The van der Waals surface area contributed by atoms with Crippen LogP contribution in [0.2, 0.25) is 0 Å². The third-order valence-corrected chi connectivity index (χ3v) is 9.58. The maximum absolute atomic E-state index is 13.3. The molecule has 1 fully saturated rings. The summed E-state index contributed by atoms with van der Waals surface area (Å²) < 4.78 is 39.7. The molecule has 1 atom stereocenters. The molecule has 0 saturated carbocycles. The van der Waals surface area contributed by atoms with Crippen molar-refractivity contribution < 1.29 is 32.0 Å². The normalized spacial score (nSPS) is 18.2. The molecule has 1 aliphatic carbocycles. The van der Waals surface area contributed by atoms with E-state index in [0.29, 0.717) is 39.8 Å². The van der Waals surface area contributed by atoms with Crippen molar-refractivity contribution in [2.45, 2.75) is 38.1 Å². The Morgan fingerprint density at radius 3 is 2.59 bits per heavy atom. The number of ether oxygens (including phenoxy) is 2. The van der Waals surface area contributed by atoms with E-state index < -0.39 is 21.8 Å². The fourth-order valence-corrected chi connectivity index (χ4v) is 7.69. The predicted octanol–water partition coefficient (Wildman–Crippen LogP) is 3.47. The van der Waals surface area contributed by atoms with E-state index in [1.165, 1.54) is 24.5 Å². The van der Waals surface area contributed by atoms with Gasteiger partial charge in [0.05, 0.1) is 31.3 Å². The largest absolute Gasteiger partial charge is 0.493 e. The van der Waals surface area contributed by atoms with Gasteiger partial charge in [0.1, 0.15) is 5.00 Å². The molecule has 196 valence electrons. The van der Waals surface area contributed by atoms with Gasteiger partial charge in [-0.25, -0.2) is 8.42 Å². The van der Waals surface area contributed by atoms with Crippen LogP contribution in [-0.2, 0) is 22.7 Å². The van der Waals surface area contributed by atoms with Gasteiger partial charge in [0.2, 0.25) is 0 Å². The number of aromatic nitrogens is 1. The predicted molar refractivity (Wildman–Crippen MR) is 138 cm³/mol. The highest BCUT2D eigenvalue weighted by Gasteiger charge is 2.32. The molecule has 1 aromatic carbocycles. The van der Waals surface area contributed by atoms with Crippen molar-refractivity contribution in [3.05, 3.63) is 46.0 Å². The molecule has 3 heterocycles. The first-order chi connectivity index (χ1) is 17.8. The van der Waals surface area contributed by atoms with Crippen LogP contribution in [0.5, 0.6) is 11.5 Å². The minimum Gasteiger partial charge on any atom is -0.493 e. The summed E-state index contributed by atoms with van der Waals surface area (Å²) in [6.45, 7) is 0. The molecule has 2 aliphatic rings. The number of thiophene rings is 1. The molecule has 0 unspecified atom stereocenters. The van der Waals surface area contributed by atoms with Crippen molar-refractivity contribution >= 4 is 38.0 Å². The van der Waals surface area contributed by atoms with Gasteiger partial charge in [-0.05, 0) is 55.9 Å². The molecule has 37 heavy (non-hydrogen) atoms. The number of carbonyl (C=O) groups excluding carboxylic acids is 2. The molecule has 2 N–H and O–H groups in total. The van der Waals surface area contributed by atoms with Gasteiger partial charge < -0.3 is 24.6 Å². The average Bonchev–Trinajstić information content (AvgIpc) is 3.60. The quantitative estimate of drug-likeness (QED) is 0.461. The van der Waals surface area contributed by atoms with Crippen LogP contribution >= 0.6 is 11.3 Å². The Morgan fingerprint density at radius 1 is 1.08 bits per heavy atom. The number of nitrogens with one attached hydrogen (secondary N) is 2. The van der Waals surface area contributed by atoms with Crippen LogP contribution in [0.3, 0.4) is 0 Å². The number of aryl methyl sites for hydroxylation is 1. The first-order valence-corrected chi connectivity index (χ1v) is 14.6. The lowest BCUT2D eigenvalue weighted by atomic mass is 9.95. The standard InChI is InChI=1S/C25H27N3O7S2/c1-33-18-8-7-14(11-20(18)34-2)19-12-17(28-35-19)23(29)27-25-22(16-5-3-4-6-21(16)36-25)24(30)26-15-9-10-37(31,32)13-15/h7-8,11-12,15H,3-6,9-10,13H2,1-2H3,(H,26,30)(H,27,29)/t15-/m1/s1. The van der Waals surface area contributed by atoms with Gasteiger partial charge in [-0.2, -0.15) is 0 Å². The highest BCUT2D eigenvalue weighted by atomic mass is 32.2. The number of hydrogen-bond donors (Lipinski definition) is 2. The molecule has 12 heteroatoms. The molecular formula is C25H27N3O7S2. The summed E-state index contributed by atoms with van der Waals surface area (Å²) in [5.74, 6) is 0.581. The molecule has 0 radical (unpaired) electrons. The summed E-state index contributed by atoms with van der Waals surface area (Å²) in [6.07, 6.45) is 3.93.